The zero-order chi connectivity index (χ0) is 26.0. The third kappa shape index (κ3) is 4.61. The van der Waals surface area contributed by atoms with Crippen LogP contribution >= 0.6 is 0 Å². The molecule has 3 aromatic rings. The highest BCUT2D eigenvalue weighted by atomic mass is 19.1. The van der Waals surface area contributed by atoms with Crippen LogP contribution in [0.5, 0.6) is 0 Å². The molecule has 0 aliphatic carbocycles. The summed E-state index contributed by atoms with van der Waals surface area (Å²) in [5.41, 5.74) is 0.500. The maximum Gasteiger partial charge on any atom is 0.276 e. The Labute approximate surface area is 207 Å². The number of hydrogen-bond acceptors (Lipinski definition) is 5. The highest BCUT2D eigenvalue weighted by Gasteiger charge is 2.48. The van der Waals surface area contributed by atoms with Gasteiger partial charge in [0, 0.05) is 24.3 Å². The first kappa shape index (κ1) is 24.8. The van der Waals surface area contributed by atoms with Gasteiger partial charge in [0.05, 0.1) is 12.9 Å². The topological polar surface area (TPSA) is 113 Å². The van der Waals surface area contributed by atoms with E-state index in [-0.39, 0.29) is 48.5 Å². The number of imidazole rings is 1. The van der Waals surface area contributed by atoms with Gasteiger partial charge in [-0.05, 0) is 62.7 Å². The Kier molecular flexibility index (Phi) is 6.69. The van der Waals surface area contributed by atoms with E-state index in [1.54, 1.807) is 50.2 Å². The lowest BCUT2D eigenvalue weighted by Crippen LogP contribution is -2.63. The molecule has 1 aliphatic rings. The molecular formula is C26H26FN5O4. The van der Waals surface area contributed by atoms with Crippen molar-refractivity contribution in [2.45, 2.75) is 39.4 Å². The second-order valence-electron chi connectivity index (χ2n) is 8.79. The van der Waals surface area contributed by atoms with Crippen molar-refractivity contribution in [2.75, 3.05) is 11.9 Å². The Morgan fingerprint density at radius 2 is 1.75 bits per heavy atom. The van der Waals surface area contributed by atoms with E-state index in [9.17, 15) is 23.6 Å². The number of Topliss-reactive ketones (excluding diaryl/α,β-unsaturated/α-hetero) is 1. The molecule has 0 bridgehead atoms. The smallest absolute Gasteiger partial charge is 0.276 e. The van der Waals surface area contributed by atoms with Gasteiger partial charge in [0.1, 0.15) is 17.1 Å². The molecule has 3 amide bonds. The zero-order valence-corrected chi connectivity index (χ0v) is 20.2. The molecule has 0 radical (unpaired) electrons. The van der Waals surface area contributed by atoms with E-state index in [0.29, 0.717) is 11.3 Å². The second-order valence-corrected chi connectivity index (χ2v) is 8.79. The van der Waals surface area contributed by atoms with Crippen LogP contribution in [0, 0.1) is 5.82 Å². The molecule has 2 N–H and O–H groups in total. The van der Waals surface area contributed by atoms with Crippen molar-refractivity contribution in [3.05, 3.63) is 83.2 Å². The number of benzene rings is 2. The average molecular weight is 492 g/mol. The molecule has 36 heavy (non-hydrogen) atoms. The molecule has 0 fully saturated rings. The van der Waals surface area contributed by atoms with Crippen molar-refractivity contribution >= 4 is 29.2 Å². The van der Waals surface area contributed by atoms with Crippen molar-refractivity contribution in [3.8, 4) is 0 Å². The van der Waals surface area contributed by atoms with Crippen LogP contribution in [0.15, 0.2) is 54.9 Å². The van der Waals surface area contributed by atoms with Crippen molar-refractivity contribution in [1.29, 1.82) is 0 Å². The van der Waals surface area contributed by atoms with Crippen LogP contribution in [-0.2, 0) is 17.9 Å². The van der Waals surface area contributed by atoms with E-state index in [1.165, 1.54) is 34.9 Å². The van der Waals surface area contributed by atoms with Gasteiger partial charge >= 0.3 is 0 Å². The van der Waals surface area contributed by atoms with Crippen molar-refractivity contribution in [1.82, 2.24) is 19.8 Å². The number of carbonyl (C=O) groups is 4. The van der Waals surface area contributed by atoms with E-state index in [4.69, 9.17) is 0 Å². The fraction of sp³-hybridized carbons (Fsp3) is 0.269. The monoisotopic (exact) mass is 491 g/mol. The summed E-state index contributed by atoms with van der Waals surface area (Å²) in [4.78, 5) is 56.7. The molecular weight excluding hydrogens is 465 g/mol. The van der Waals surface area contributed by atoms with Gasteiger partial charge in [-0.2, -0.15) is 0 Å². The van der Waals surface area contributed by atoms with Crippen LogP contribution in [0.1, 0.15) is 57.7 Å². The molecule has 1 atom stereocenters. The Bertz CT molecular complexity index is 1330. The number of ketones is 1. The number of aromatic nitrogens is 2. The Morgan fingerprint density at radius 1 is 1.08 bits per heavy atom. The van der Waals surface area contributed by atoms with Crippen LogP contribution in [0.4, 0.5) is 10.1 Å². The Balaban J connectivity index is 1.54. The molecule has 10 heteroatoms. The molecule has 1 aliphatic heterocycles. The minimum Gasteiger partial charge on any atom is -0.350 e. The summed E-state index contributed by atoms with van der Waals surface area (Å²) in [7, 11) is 0. The van der Waals surface area contributed by atoms with E-state index >= 15 is 0 Å². The van der Waals surface area contributed by atoms with E-state index < -0.39 is 17.4 Å². The predicted octanol–water partition coefficient (Wildman–Crippen LogP) is 3.03. The van der Waals surface area contributed by atoms with Crippen molar-refractivity contribution < 1.29 is 23.6 Å². The van der Waals surface area contributed by atoms with Gasteiger partial charge in [-0.3, -0.25) is 19.2 Å². The number of rotatable bonds is 7. The summed E-state index contributed by atoms with van der Waals surface area (Å²) in [6.07, 6.45) is 1.37. The third-order valence-corrected chi connectivity index (χ3v) is 6.30. The van der Waals surface area contributed by atoms with Gasteiger partial charge in [-0.25, -0.2) is 9.37 Å². The molecule has 0 spiro atoms. The molecule has 2 heterocycles. The number of nitrogens with one attached hydrogen (secondary N) is 2. The van der Waals surface area contributed by atoms with Gasteiger partial charge in [0.15, 0.2) is 11.5 Å². The highest BCUT2D eigenvalue weighted by molar-refractivity contribution is 6.11. The highest BCUT2D eigenvalue weighted by Crippen LogP contribution is 2.29. The lowest BCUT2D eigenvalue weighted by molar-refractivity contribution is -0.132. The van der Waals surface area contributed by atoms with Gasteiger partial charge < -0.3 is 20.1 Å². The first-order chi connectivity index (χ1) is 17.1. The quantitative estimate of drug-likeness (QED) is 0.494. The molecule has 1 unspecified atom stereocenters. The SMILES string of the molecule is CCN1C(=O)c2c(C(=O)Nc3ccc(C(C)=O)cc3)ncn2CC1(C)C(=O)NCc1ccc(F)cc1. The summed E-state index contributed by atoms with van der Waals surface area (Å²) >= 11 is 0. The molecule has 0 saturated heterocycles. The van der Waals surface area contributed by atoms with E-state index in [2.05, 4.69) is 15.6 Å². The van der Waals surface area contributed by atoms with Crippen LogP contribution in [0.3, 0.4) is 0 Å². The largest absolute Gasteiger partial charge is 0.350 e. The normalized spacial score (nSPS) is 16.9. The maximum absolute atomic E-state index is 13.5. The fourth-order valence-corrected chi connectivity index (χ4v) is 4.30. The zero-order valence-electron chi connectivity index (χ0n) is 20.2. The fourth-order valence-electron chi connectivity index (χ4n) is 4.30. The lowest BCUT2D eigenvalue weighted by atomic mass is 9.94. The molecule has 9 nitrogen and oxygen atoms in total. The van der Waals surface area contributed by atoms with Gasteiger partial charge in [0.2, 0.25) is 5.91 Å². The average Bonchev–Trinajstić information content (AvgIpc) is 3.28. The minimum atomic E-state index is -1.23. The minimum absolute atomic E-state index is 0.0529. The van der Waals surface area contributed by atoms with Gasteiger partial charge in [-0.1, -0.05) is 12.1 Å². The van der Waals surface area contributed by atoms with E-state index in [0.717, 1.165) is 5.56 Å². The summed E-state index contributed by atoms with van der Waals surface area (Å²) in [5.74, 6) is -1.90. The number of fused-ring (bicyclic) bond motifs is 1. The van der Waals surface area contributed by atoms with Crippen LogP contribution in [0.2, 0.25) is 0 Å². The first-order valence-electron chi connectivity index (χ1n) is 11.5. The number of halogens is 1. The number of hydrogen-bond donors (Lipinski definition) is 2. The predicted molar refractivity (Wildman–Crippen MR) is 130 cm³/mol. The Morgan fingerprint density at radius 3 is 2.36 bits per heavy atom. The van der Waals surface area contributed by atoms with Crippen molar-refractivity contribution in [3.63, 3.8) is 0 Å². The maximum atomic E-state index is 13.5. The van der Waals surface area contributed by atoms with Crippen LogP contribution in [-0.4, -0.2) is 50.0 Å². The summed E-state index contributed by atoms with van der Waals surface area (Å²) in [6.45, 7) is 5.38. The molecule has 2 aromatic carbocycles. The third-order valence-electron chi connectivity index (χ3n) is 6.30. The summed E-state index contributed by atoms with van der Waals surface area (Å²) in [6, 6.07) is 12.2. The Hall–Kier alpha value is -4.34. The van der Waals surface area contributed by atoms with Gasteiger partial charge in [-0.15, -0.1) is 0 Å². The molecule has 4 rings (SSSR count). The van der Waals surface area contributed by atoms with Crippen molar-refractivity contribution in [2.24, 2.45) is 0 Å². The number of amides is 3. The lowest BCUT2D eigenvalue weighted by Gasteiger charge is -2.43. The van der Waals surface area contributed by atoms with Crippen LogP contribution < -0.4 is 10.6 Å². The number of carbonyl (C=O) groups excluding carboxylic acids is 4. The number of nitrogens with zero attached hydrogens (tertiary/aromatic N) is 3. The van der Waals surface area contributed by atoms with E-state index in [1.807, 2.05) is 0 Å². The number of likely N-dealkylation sites (N-methyl/N-ethyl adjacent to an activating group) is 1. The first-order valence-corrected chi connectivity index (χ1v) is 11.5. The van der Waals surface area contributed by atoms with Gasteiger partial charge in [0.25, 0.3) is 11.8 Å². The molecule has 0 saturated carbocycles. The number of anilines is 1. The molecule has 186 valence electrons. The van der Waals surface area contributed by atoms with Crippen LogP contribution in [0.25, 0.3) is 0 Å². The molecule has 1 aromatic heterocycles. The summed E-state index contributed by atoms with van der Waals surface area (Å²) < 4.78 is 14.7. The second kappa shape index (κ2) is 9.73. The summed E-state index contributed by atoms with van der Waals surface area (Å²) in [5, 5.41) is 5.52. The standard InChI is InChI=1S/C26H26FN5O4/c1-4-32-24(35)22-21(23(34)30-20-11-7-18(8-12-20)16(2)33)29-15-31(22)14-26(32,3)25(36)28-13-17-5-9-19(27)10-6-17/h5-12,15H,4,13-14H2,1-3H3,(H,28,36)(H,30,34).